The van der Waals surface area contributed by atoms with Crippen LogP contribution in [-0.4, -0.2) is 54.5 Å². The van der Waals surface area contributed by atoms with E-state index in [0.717, 1.165) is 34.9 Å². The van der Waals surface area contributed by atoms with Gasteiger partial charge >= 0.3 is 5.97 Å². The zero-order chi connectivity index (χ0) is 25.8. The predicted molar refractivity (Wildman–Crippen MR) is 140 cm³/mol. The molecule has 35 heavy (non-hydrogen) atoms. The fraction of sp³-hybridized carbons (Fsp3) is 0.667. The van der Waals surface area contributed by atoms with Gasteiger partial charge in [0, 0.05) is 17.6 Å². The van der Waals surface area contributed by atoms with Gasteiger partial charge in [0.2, 0.25) is 5.91 Å². The molecule has 1 aromatic carbocycles. The quantitative estimate of drug-likeness (QED) is 0.252. The Hall–Kier alpha value is -2.09. The first kappa shape index (κ1) is 29.1. The number of benzene rings is 1. The molecule has 0 radical (unpaired) electrons. The Kier molecular flexibility index (Phi) is 12.6. The molecule has 1 aromatic rings. The first-order valence-electron chi connectivity index (χ1n) is 12.9. The van der Waals surface area contributed by atoms with E-state index in [-0.39, 0.29) is 18.2 Å². The maximum absolute atomic E-state index is 13.2. The Balaban J connectivity index is 1.85. The lowest BCUT2D eigenvalue weighted by molar-refractivity contribution is -0.154. The largest absolute Gasteiger partial charge is 0.480 e. The number of carbonyl (C=O) groups excluding carboxylic acids is 3. The molecule has 1 aliphatic heterocycles. The summed E-state index contributed by atoms with van der Waals surface area (Å²) in [4.78, 5) is 39.6. The van der Waals surface area contributed by atoms with Crippen LogP contribution in [0.4, 0.5) is 0 Å². The van der Waals surface area contributed by atoms with E-state index in [1.165, 1.54) is 37.0 Å². The summed E-state index contributed by atoms with van der Waals surface area (Å²) in [6, 6.07) is 2.97. The number of ether oxygens (including phenoxy) is 2. The van der Waals surface area contributed by atoms with Crippen LogP contribution in [0.15, 0.2) is 16.6 Å². The van der Waals surface area contributed by atoms with Gasteiger partial charge in [-0.25, -0.2) is 0 Å². The Bertz CT molecular complexity index is 837. The molecule has 2 unspecified atom stereocenters. The average Bonchev–Trinajstić information content (AvgIpc) is 2.81. The first-order chi connectivity index (χ1) is 16.7. The third-order valence-corrected chi connectivity index (χ3v) is 6.76. The second-order valence-corrected chi connectivity index (χ2v) is 10.3. The Morgan fingerprint density at radius 2 is 1.69 bits per heavy atom. The number of rotatable bonds is 14. The van der Waals surface area contributed by atoms with Crippen molar-refractivity contribution in [2.75, 3.05) is 19.7 Å². The second kappa shape index (κ2) is 15.1. The van der Waals surface area contributed by atoms with Gasteiger partial charge in [0.25, 0.3) is 5.91 Å². The zero-order valence-electron chi connectivity index (χ0n) is 21.7. The maximum atomic E-state index is 13.2. The van der Waals surface area contributed by atoms with Crippen LogP contribution < -0.4 is 10.1 Å². The maximum Gasteiger partial charge on any atom is 0.308 e. The summed E-state index contributed by atoms with van der Waals surface area (Å²) in [6.07, 6.45) is 8.33. The van der Waals surface area contributed by atoms with Crippen molar-refractivity contribution in [3.05, 3.63) is 27.7 Å². The van der Waals surface area contributed by atoms with Crippen molar-refractivity contribution in [2.45, 2.75) is 97.6 Å². The molecular formula is C27H41BrN2O5. The highest BCUT2D eigenvalue weighted by atomic mass is 79.9. The number of carbonyl (C=O) groups is 3. The smallest absolute Gasteiger partial charge is 0.308 e. The van der Waals surface area contributed by atoms with Crippen molar-refractivity contribution < 1.29 is 23.9 Å². The molecule has 1 N–H and O–H groups in total. The van der Waals surface area contributed by atoms with Crippen LogP contribution in [0.1, 0.15) is 82.8 Å². The summed E-state index contributed by atoms with van der Waals surface area (Å²) in [5, 5.41) is 2.75. The van der Waals surface area contributed by atoms with Crippen LogP contribution in [0, 0.1) is 13.8 Å². The summed E-state index contributed by atoms with van der Waals surface area (Å²) in [7, 11) is 0. The van der Waals surface area contributed by atoms with Crippen molar-refractivity contribution in [3.63, 3.8) is 0 Å². The molecule has 1 aliphatic rings. The molecule has 1 fully saturated rings. The zero-order valence-corrected chi connectivity index (χ0v) is 23.2. The molecule has 2 atom stereocenters. The normalized spacial score (nSPS) is 16.5. The monoisotopic (exact) mass is 552 g/mol. The summed E-state index contributed by atoms with van der Waals surface area (Å²) in [5.74, 6) is -0.461. The fourth-order valence-corrected chi connectivity index (χ4v) is 5.05. The molecule has 0 bridgehead atoms. The van der Waals surface area contributed by atoms with Gasteiger partial charge in [0.15, 0.2) is 6.10 Å². The molecule has 2 amide bonds. The SMILES string of the molecule is CCCCCCCCCCOC(=O)CC1C(=O)NCCN1C(=O)C(C)Oc1c(C)cc(Br)cc1C. The van der Waals surface area contributed by atoms with Gasteiger partial charge in [0.05, 0.1) is 13.0 Å². The lowest BCUT2D eigenvalue weighted by Crippen LogP contribution is -2.60. The third-order valence-electron chi connectivity index (χ3n) is 6.30. The van der Waals surface area contributed by atoms with Crippen LogP contribution in [0.3, 0.4) is 0 Å². The number of halogens is 1. The number of piperazine rings is 1. The van der Waals surface area contributed by atoms with Gasteiger partial charge in [-0.1, -0.05) is 67.8 Å². The van der Waals surface area contributed by atoms with Crippen LogP contribution >= 0.6 is 15.9 Å². The fourth-order valence-electron chi connectivity index (χ4n) is 4.36. The van der Waals surface area contributed by atoms with E-state index in [1.807, 2.05) is 26.0 Å². The van der Waals surface area contributed by atoms with Crippen LogP contribution in [0.25, 0.3) is 0 Å². The highest BCUT2D eigenvalue weighted by molar-refractivity contribution is 9.10. The number of unbranched alkanes of at least 4 members (excludes halogenated alkanes) is 7. The van der Waals surface area contributed by atoms with E-state index >= 15 is 0 Å². The molecule has 0 aliphatic carbocycles. The Morgan fingerprint density at radius 3 is 2.31 bits per heavy atom. The molecule has 7 nitrogen and oxygen atoms in total. The minimum atomic E-state index is -0.888. The number of hydrogen-bond donors (Lipinski definition) is 1. The topological polar surface area (TPSA) is 84.9 Å². The van der Waals surface area contributed by atoms with Crippen LogP contribution in [0.2, 0.25) is 0 Å². The highest BCUT2D eigenvalue weighted by Gasteiger charge is 2.37. The van der Waals surface area contributed by atoms with E-state index in [2.05, 4.69) is 28.2 Å². The third kappa shape index (κ3) is 9.47. The number of esters is 1. The van der Waals surface area contributed by atoms with Gasteiger partial charge < -0.3 is 19.7 Å². The summed E-state index contributed by atoms with van der Waals surface area (Å²) < 4.78 is 12.3. The number of amides is 2. The van der Waals surface area contributed by atoms with Gasteiger partial charge in [0.1, 0.15) is 11.8 Å². The minimum absolute atomic E-state index is 0.155. The molecular weight excluding hydrogens is 512 g/mol. The van der Waals surface area contributed by atoms with Gasteiger partial charge in [-0.15, -0.1) is 0 Å². The van der Waals surface area contributed by atoms with E-state index < -0.39 is 18.1 Å². The lowest BCUT2D eigenvalue weighted by Gasteiger charge is -2.36. The van der Waals surface area contributed by atoms with E-state index in [9.17, 15) is 14.4 Å². The molecule has 2 rings (SSSR count). The van der Waals surface area contributed by atoms with E-state index in [4.69, 9.17) is 9.47 Å². The van der Waals surface area contributed by atoms with Crippen LogP contribution in [-0.2, 0) is 19.1 Å². The first-order valence-corrected chi connectivity index (χ1v) is 13.7. The van der Waals surface area contributed by atoms with Crippen molar-refractivity contribution in [1.82, 2.24) is 10.2 Å². The molecule has 0 saturated carbocycles. The minimum Gasteiger partial charge on any atom is -0.480 e. The van der Waals surface area contributed by atoms with Crippen molar-refractivity contribution in [2.24, 2.45) is 0 Å². The second-order valence-electron chi connectivity index (χ2n) is 9.37. The predicted octanol–water partition coefficient (Wildman–Crippen LogP) is 5.23. The lowest BCUT2D eigenvalue weighted by atomic mass is 10.1. The number of nitrogens with one attached hydrogen (secondary N) is 1. The Morgan fingerprint density at radius 1 is 1.09 bits per heavy atom. The van der Waals surface area contributed by atoms with E-state index in [0.29, 0.717) is 25.4 Å². The average molecular weight is 554 g/mol. The summed E-state index contributed by atoms with van der Waals surface area (Å²) in [6.45, 7) is 8.74. The summed E-state index contributed by atoms with van der Waals surface area (Å²) in [5.41, 5.74) is 1.82. The Labute approximate surface area is 218 Å². The molecule has 1 heterocycles. The number of aryl methyl sites for hydroxylation is 2. The number of hydrogen-bond acceptors (Lipinski definition) is 5. The van der Waals surface area contributed by atoms with E-state index in [1.54, 1.807) is 6.92 Å². The van der Waals surface area contributed by atoms with Crippen molar-refractivity contribution in [1.29, 1.82) is 0 Å². The van der Waals surface area contributed by atoms with Crippen LogP contribution in [0.5, 0.6) is 5.75 Å². The molecule has 1 saturated heterocycles. The van der Waals surface area contributed by atoms with Gasteiger partial charge in [-0.2, -0.15) is 0 Å². The van der Waals surface area contributed by atoms with Crippen molar-refractivity contribution >= 4 is 33.7 Å². The summed E-state index contributed by atoms with van der Waals surface area (Å²) >= 11 is 3.46. The standard InChI is InChI=1S/C27H41BrN2O5/c1-5-6-7-8-9-10-11-12-15-34-24(31)18-23-26(32)29-13-14-30(23)27(33)21(4)35-25-19(2)16-22(28)17-20(25)3/h16-17,21,23H,5-15,18H2,1-4H3,(H,29,32). The highest BCUT2D eigenvalue weighted by Crippen LogP contribution is 2.28. The molecule has 0 spiro atoms. The molecule has 8 heteroatoms. The van der Waals surface area contributed by atoms with Crippen molar-refractivity contribution in [3.8, 4) is 5.75 Å². The van der Waals surface area contributed by atoms with Gasteiger partial charge in [-0.05, 0) is 50.5 Å². The van der Waals surface area contributed by atoms with Gasteiger partial charge in [-0.3, -0.25) is 14.4 Å². The number of nitrogens with zero attached hydrogens (tertiary/aromatic N) is 1. The molecule has 0 aromatic heterocycles. The molecule has 196 valence electrons.